The number of aromatic nitrogens is 4. The Labute approximate surface area is 129 Å². The van der Waals surface area contributed by atoms with E-state index in [0.29, 0.717) is 26.0 Å². The Morgan fingerprint density at radius 1 is 1.32 bits per heavy atom. The van der Waals surface area contributed by atoms with Crippen LogP contribution in [-0.2, 0) is 17.9 Å². The van der Waals surface area contributed by atoms with Crippen LogP contribution in [0.2, 0.25) is 0 Å². The van der Waals surface area contributed by atoms with E-state index in [1.165, 1.54) is 0 Å². The fourth-order valence-electron chi connectivity index (χ4n) is 2.82. The van der Waals surface area contributed by atoms with Gasteiger partial charge in [0.2, 0.25) is 0 Å². The number of ether oxygens (including phenoxy) is 1. The average Bonchev–Trinajstić information content (AvgIpc) is 3.01. The number of aliphatic hydroxyl groups is 1. The van der Waals surface area contributed by atoms with Gasteiger partial charge in [0.25, 0.3) is 0 Å². The number of rotatable bonds is 5. The van der Waals surface area contributed by atoms with Crippen molar-refractivity contribution in [3.8, 4) is 0 Å². The standard InChI is InChI=1S/C15H21N5O2/c1-22-9-13-8-14(18-11-17-13)20-5-2-15(21,3-6-20)10-19-7-4-16-12-19/h4,7-8,11-12,21H,2-3,5-6,9-10H2,1H3. The van der Waals surface area contributed by atoms with E-state index in [2.05, 4.69) is 19.9 Å². The summed E-state index contributed by atoms with van der Waals surface area (Å²) in [5.41, 5.74) is 0.186. The van der Waals surface area contributed by atoms with Crippen LogP contribution in [-0.4, -0.2) is 50.4 Å². The summed E-state index contributed by atoms with van der Waals surface area (Å²) >= 11 is 0. The van der Waals surface area contributed by atoms with Crippen molar-refractivity contribution < 1.29 is 9.84 Å². The first-order valence-electron chi connectivity index (χ1n) is 7.41. The van der Waals surface area contributed by atoms with Crippen LogP contribution in [0, 0.1) is 0 Å². The summed E-state index contributed by atoms with van der Waals surface area (Å²) in [5, 5.41) is 10.7. The lowest BCUT2D eigenvalue weighted by atomic mass is 9.91. The van der Waals surface area contributed by atoms with Gasteiger partial charge in [-0.25, -0.2) is 15.0 Å². The summed E-state index contributed by atoms with van der Waals surface area (Å²) in [6, 6.07) is 1.95. The number of nitrogens with zero attached hydrogens (tertiary/aromatic N) is 5. The molecule has 0 aromatic carbocycles. The van der Waals surface area contributed by atoms with E-state index in [1.807, 2.05) is 16.8 Å². The van der Waals surface area contributed by atoms with Crippen LogP contribution < -0.4 is 4.90 Å². The minimum atomic E-state index is -0.681. The SMILES string of the molecule is COCc1cc(N2CCC(O)(Cn3ccnc3)CC2)ncn1. The van der Waals surface area contributed by atoms with Gasteiger partial charge in [-0.15, -0.1) is 0 Å². The summed E-state index contributed by atoms with van der Waals surface area (Å²) in [5.74, 6) is 0.895. The van der Waals surface area contributed by atoms with Gasteiger partial charge in [-0.05, 0) is 12.8 Å². The number of hydrogen-bond donors (Lipinski definition) is 1. The van der Waals surface area contributed by atoms with Gasteiger partial charge in [0.05, 0.1) is 30.8 Å². The van der Waals surface area contributed by atoms with Crippen molar-refractivity contribution in [3.63, 3.8) is 0 Å². The van der Waals surface area contributed by atoms with Gasteiger partial charge >= 0.3 is 0 Å². The second-order valence-electron chi connectivity index (χ2n) is 5.75. The number of anilines is 1. The minimum absolute atomic E-state index is 0.480. The number of piperidine rings is 1. The first-order chi connectivity index (χ1) is 10.7. The van der Waals surface area contributed by atoms with Crippen molar-refractivity contribution in [2.45, 2.75) is 31.6 Å². The normalized spacial score (nSPS) is 17.6. The summed E-state index contributed by atoms with van der Waals surface area (Å²) in [6.07, 6.45) is 8.33. The summed E-state index contributed by atoms with van der Waals surface area (Å²) in [7, 11) is 1.65. The smallest absolute Gasteiger partial charge is 0.132 e. The molecule has 2 aromatic rings. The Balaban J connectivity index is 1.62. The van der Waals surface area contributed by atoms with E-state index in [9.17, 15) is 5.11 Å². The van der Waals surface area contributed by atoms with Gasteiger partial charge in [0, 0.05) is 38.7 Å². The molecule has 0 saturated carbocycles. The van der Waals surface area contributed by atoms with Crippen LogP contribution in [0.3, 0.4) is 0 Å². The topological polar surface area (TPSA) is 76.3 Å². The highest BCUT2D eigenvalue weighted by Gasteiger charge is 2.33. The van der Waals surface area contributed by atoms with E-state index >= 15 is 0 Å². The van der Waals surface area contributed by atoms with Crippen LogP contribution in [0.25, 0.3) is 0 Å². The maximum atomic E-state index is 10.7. The molecule has 22 heavy (non-hydrogen) atoms. The molecule has 1 aliphatic rings. The largest absolute Gasteiger partial charge is 0.388 e. The fourth-order valence-corrected chi connectivity index (χ4v) is 2.82. The lowest BCUT2D eigenvalue weighted by Crippen LogP contribution is -2.47. The summed E-state index contributed by atoms with van der Waals surface area (Å²) < 4.78 is 7.03. The quantitative estimate of drug-likeness (QED) is 0.882. The number of hydrogen-bond acceptors (Lipinski definition) is 6. The van der Waals surface area contributed by atoms with E-state index in [4.69, 9.17) is 4.74 Å². The Bertz CT molecular complexity index is 594. The fraction of sp³-hybridized carbons (Fsp3) is 0.533. The average molecular weight is 303 g/mol. The first-order valence-corrected chi connectivity index (χ1v) is 7.41. The predicted octanol–water partition coefficient (Wildman–Crippen LogP) is 0.851. The Morgan fingerprint density at radius 3 is 2.82 bits per heavy atom. The van der Waals surface area contributed by atoms with Crippen molar-refractivity contribution >= 4 is 5.82 Å². The van der Waals surface area contributed by atoms with Gasteiger partial charge in [0.15, 0.2) is 0 Å². The van der Waals surface area contributed by atoms with E-state index in [-0.39, 0.29) is 0 Å². The molecule has 0 bridgehead atoms. The van der Waals surface area contributed by atoms with Crippen LogP contribution >= 0.6 is 0 Å². The Morgan fingerprint density at radius 2 is 2.14 bits per heavy atom. The molecule has 0 unspecified atom stereocenters. The lowest BCUT2D eigenvalue weighted by molar-refractivity contribution is -0.000187. The third-order valence-electron chi connectivity index (χ3n) is 4.06. The third-order valence-corrected chi connectivity index (χ3v) is 4.06. The molecule has 0 radical (unpaired) electrons. The molecule has 2 aromatic heterocycles. The van der Waals surface area contributed by atoms with Gasteiger partial charge < -0.3 is 19.3 Å². The maximum Gasteiger partial charge on any atom is 0.132 e. The molecule has 1 saturated heterocycles. The molecule has 0 spiro atoms. The van der Waals surface area contributed by atoms with Gasteiger partial charge in [-0.2, -0.15) is 0 Å². The van der Waals surface area contributed by atoms with Crippen molar-refractivity contribution in [1.29, 1.82) is 0 Å². The highest BCUT2D eigenvalue weighted by atomic mass is 16.5. The predicted molar refractivity (Wildman–Crippen MR) is 81.4 cm³/mol. The Kier molecular flexibility index (Phi) is 4.35. The molecule has 3 heterocycles. The summed E-state index contributed by atoms with van der Waals surface area (Å²) in [6.45, 7) is 2.61. The molecule has 1 aliphatic heterocycles. The zero-order chi connectivity index (χ0) is 15.4. The molecular weight excluding hydrogens is 282 g/mol. The Hall–Kier alpha value is -1.99. The summed E-state index contributed by atoms with van der Waals surface area (Å²) in [4.78, 5) is 14.7. The monoisotopic (exact) mass is 303 g/mol. The third kappa shape index (κ3) is 3.42. The molecular formula is C15H21N5O2. The van der Waals surface area contributed by atoms with E-state index in [1.54, 1.807) is 26.0 Å². The molecule has 1 N–H and O–H groups in total. The van der Waals surface area contributed by atoms with Crippen molar-refractivity contribution in [2.24, 2.45) is 0 Å². The number of imidazole rings is 1. The molecule has 7 heteroatoms. The molecule has 118 valence electrons. The van der Waals surface area contributed by atoms with Crippen LogP contribution in [0.15, 0.2) is 31.1 Å². The first kappa shape index (κ1) is 14.9. The van der Waals surface area contributed by atoms with E-state index in [0.717, 1.165) is 24.6 Å². The van der Waals surface area contributed by atoms with Crippen LogP contribution in [0.5, 0.6) is 0 Å². The highest BCUT2D eigenvalue weighted by Crippen LogP contribution is 2.26. The zero-order valence-corrected chi connectivity index (χ0v) is 12.7. The molecule has 7 nitrogen and oxygen atoms in total. The maximum absolute atomic E-state index is 10.7. The van der Waals surface area contributed by atoms with Gasteiger partial charge in [-0.1, -0.05) is 0 Å². The number of methoxy groups -OCH3 is 1. The van der Waals surface area contributed by atoms with Crippen molar-refractivity contribution in [2.75, 3.05) is 25.1 Å². The second-order valence-corrected chi connectivity index (χ2v) is 5.75. The van der Waals surface area contributed by atoms with Crippen LogP contribution in [0.1, 0.15) is 18.5 Å². The minimum Gasteiger partial charge on any atom is -0.388 e. The van der Waals surface area contributed by atoms with Gasteiger partial charge in [-0.3, -0.25) is 0 Å². The van der Waals surface area contributed by atoms with Crippen LogP contribution in [0.4, 0.5) is 5.82 Å². The van der Waals surface area contributed by atoms with Gasteiger partial charge in [0.1, 0.15) is 12.1 Å². The van der Waals surface area contributed by atoms with Crippen molar-refractivity contribution in [1.82, 2.24) is 19.5 Å². The molecule has 3 rings (SSSR count). The highest BCUT2D eigenvalue weighted by molar-refractivity contribution is 5.39. The van der Waals surface area contributed by atoms with Crippen molar-refractivity contribution in [3.05, 3.63) is 36.8 Å². The van der Waals surface area contributed by atoms with E-state index < -0.39 is 5.60 Å². The zero-order valence-electron chi connectivity index (χ0n) is 12.7. The second kappa shape index (κ2) is 6.41. The molecule has 0 aliphatic carbocycles. The molecule has 0 amide bonds. The molecule has 0 atom stereocenters. The molecule has 1 fully saturated rings. The lowest BCUT2D eigenvalue weighted by Gasteiger charge is -2.38.